The van der Waals surface area contributed by atoms with Crippen molar-refractivity contribution in [1.29, 1.82) is 0 Å². The molecule has 2 atom stereocenters. The first-order valence-corrected chi connectivity index (χ1v) is 7.65. The number of carbonyl (C=O) groups excluding carboxylic acids is 2. The monoisotopic (exact) mass is 344 g/mol. The highest BCUT2D eigenvalue weighted by Crippen LogP contribution is 2.32. The highest BCUT2D eigenvalue weighted by Gasteiger charge is 2.33. The fourth-order valence-corrected chi connectivity index (χ4v) is 2.19. The zero-order valence-electron chi connectivity index (χ0n) is 14.3. The fraction of sp³-hybridized carbons (Fsp3) is 0.500. The van der Waals surface area contributed by atoms with E-state index in [1.54, 1.807) is 18.2 Å². The van der Waals surface area contributed by atoms with E-state index >= 15 is 0 Å². The Bertz CT molecular complexity index is 507. The predicted octanol–water partition coefficient (Wildman–Crippen LogP) is 2.66. The molecule has 1 rings (SSSR count). The van der Waals surface area contributed by atoms with Gasteiger partial charge in [0.1, 0.15) is 23.0 Å². The molecule has 0 bridgehead atoms. The third kappa shape index (κ3) is 5.71. The van der Waals surface area contributed by atoms with E-state index in [4.69, 9.17) is 18.8 Å². The van der Waals surface area contributed by atoms with Gasteiger partial charge in [0.05, 0.1) is 30.4 Å². The van der Waals surface area contributed by atoms with E-state index in [0.29, 0.717) is 27.0 Å². The second-order valence-electron chi connectivity index (χ2n) is 5.11. The van der Waals surface area contributed by atoms with Crippen molar-refractivity contribution in [3.63, 3.8) is 0 Å². The molecule has 130 valence electrons. The van der Waals surface area contributed by atoms with Crippen LogP contribution in [0.25, 0.3) is 0 Å². The molecule has 2 unspecified atom stereocenters. The van der Waals surface area contributed by atoms with Crippen molar-refractivity contribution in [2.45, 2.75) is 20.3 Å². The molecule has 0 aliphatic rings. The Morgan fingerprint density at radius 3 is 1.87 bits per heavy atom. The lowest BCUT2D eigenvalue weighted by Gasteiger charge is -2.18. The summed E-state index contributed by atoms with van der Waals surface area (Å²) in [7, 11) is 4.84. The first-order valence-electron chi connectivity index (χ1n) is 7.08. The summed E-state index contributed by atoms with van der Waals surface area (Å²) < 4.78 is 23.5. The minimum absolute atomic E-state index is 0.179. The molecule has 0 radical (unpaired) electrons. The molecule has 23 heavy (non-hydrogen) atoms. The smallest absolute Gasteiger partial charge is 0.316 e. The van der Waals surface area contributed by atoms with Crippen LogP contribution < -0.4 is 9.47 Å². The summed E-state index contributed by atoms with van der Waals surface area (Å²) in [4.78, 5) is 24.7. The van der Waals surface area contributed by atoms with Gasteiger partial charge in [-0.2, -0.15) is 0 Å². The van der Waals surface area contributed by atoms with Crippen LogP contribution in [0, 0.1) is 11.8 Å². The third-order valence-electron chi connectivity index (χ3n) is 3.18. The maximum absolute atomic E-state index is 12.8. The molecule has 0 fully saturated rings. The molecule has 0 saturated heterocycles. The summed E-state index contributed by atoms with van der Waals surface area (Å²) in [5, 5.41) is 0. The number of hydrogen-bond acceptors (Lipinski definition) is 6. The molecule has 6 nitrogen and oxygen atoms in total. The summed E-state index contributed by atoms with van der Waals surface area (Å²) in [5.41, 5.74) is 0.276. The van der Waals surface area contributed by atoms with Gasteiger partial charge in [-0.15, -0.1) is 0 Å². The lowest BCUT2D eigenvalue weighted by atomic mass is 9.89. The number of ketones is 1. The lowest BCUT2D eigenvalue weighted by Crippen LogP contribution is -2.27. The van der Waals surface area contributed by atoms with E-state index in [0.717, 1.165) is 0 Å². The van der Waals surface area contributed by atoms with Crippen molar-refractivity contribution in [1.82, 2.24) is 0 Å². The molecule has 0 saturated carbocycles. The second kappa shape index (κ2) is 10.8. The van der Waals surface area contributed by atoms with E-state index in [2.05, 4.69) is 0 Å². The number of methoxy groups -OCH3 is 3. The van der Waals surface area contributed by atoms with Gasteiger partial charge in [-0.05, 0) is 24.5 Å². The number of esters is 1. The maximum atomic E-state index is 12.8. The zero-order valence-corrected chi connectivity index (χ0v) is 15.7. The number of ether oxygens (including phenoxy) is 3. The van der Waals surface area contributed by atoms with Crippen LogP contribution in [0.2, 0.25) is 0 Å². The molecule has 1 aromatic carbocycles. The normalized spacial score (nSPS) is 11.2. The zero-order chi connectivity index (χ0) is 18.0. The number of hydrogen-bond donors (Lipinski definition) is 0. The van der Waals surface area contributed by atoms with Gasteiger partial charge in [0.2, 0.25) is 0 Å². The molecular weight excluding hydrogens is 319 g/mol. The Labute approximate surface area is 138 Å². The van der Waals surface area contributed by atoms with Crippen LogP contribution in [0.1, 0.15) is 30.6 Å². The van der Waals surface area contributed by atoms with Gasteiger partial charge in [0, 0.05) is 0 Å². The second-order valence-corrected chi connectivity index (χ2v) is 5.11. The van der Waals surface area contributed by atoms with Crippen LogP contribution in [0.3, 0.4) is 0 Å². The number of rotatable bonds is 7. The molecule has 0 heterocycles. The molecule has 0 N–H and O–H groups in total. The first kappa shape index (κ1) is 21.2. The third-order valence-corrected chi connectivity index (χ3v) is 3.18. The summed E-state index contributed by atoms with van der Waals surface area (Å²) in [6, 6.07) is 5.06. The van der Waals surface area contributed by atoms with Crippen molar-refractivity contribution in [2.24, 2.45) is 11.8 Å². The fourth-order valence-electron chi connectivity index (χ4n) is 2.19. The Kier molecular flexibility index (Phi) is 9.99. The van der Waals surface area contributed by atoms with Gasteiger partial charge in [0.25, 0.3) is 0 Å². The summed E-state index contributed by atoms with van der Waals surface area (Å²) in [6.45, 7) is 3.89. The number of carbonyl (C=O) groups is 2. The molecule has 0 aliphatic carbocycles. The van der Waals surface area contributed by atoms with E-state index in [9.17, 15) is 9.59 Å². The standard InChI is InChI=1S/C16H22O5.H3OP/c1-10(2)9-11(16(18)21-5)15(17)14-12(19-3)7-6-8-13(14)20-4;1-2/h6-8,10-11H,9H2,1-5H3;2H3. The first-order chi connectivity index (χ1) is 11.0. The van der Waals surface area contributed by atoms with Crippen molar-refractivity contribution in [3.05, 3.63) is 23.8 Å². The highest BCUT2D eigenvalue weighted by molar-refractivity contribution is 7.00. The Morgan fingerprint density at radius 2 is 1.52 bits per heavy atom. The van der Waals surface area contributed by atoms with Crippen LogP contribution in [0.4, 0.5) is 0 Å². The molecular formula is C16H25O6P. The largest absolute Gasteiger partial charge is 0.496 e. The van der Waals surface area contributed by atoms with E-state index in [-0.39, 0.29) is 17.3 Å². The van der Waals surface area contributed by atoms with Gasteiger partial charge in [-0.25, -0.2) is 0 Å². The molecule has 0 spiro atoms. The molecule has 0 aliphatic heterocycles. The van der Waals surface area contributed by atoms with Crippen LogP contribution in [-0.4, -0.2) is 33.1 Å². The molecule has 0 aromatic heterocycles. The summed E-state index contributed by atoms with van der Waals surface area (Å²) in [6.07, 6.45) is 0.409. The van der Waals surface area contributed by atoms with Gasteiger partial charge in [0.15, 0.2) is 5.78 Å². The van der Waals surface area contributed by atoms with E-state index < -0.39 is 11.9 Å². The Morgan fingerprint density at radius 1 is 1.04 bits per heavy atom. The summed E-state index contributed by atoms with van der Waals surface area (Å²) >= 11 is 0. The SMILES string of the molecule is COC(=O)C(CC(C)C)C(=O)c1c(OC)cccc1OC.O=[PH3]. The Balaban J connectivity index is 0.00000232. The quantitative estimate of drug-likeness (QED) is 0.327. The minimum atomic E-state index is -0.861. The predicted molar refractivity (Wildman–Crippen MR) is 90.6 cm³/mol. The lowest BCUT2D eigenvalue weighted by molar-refractivity contribution is -0.144. The molecule has 1 aromatic rings. The van der Waals surface area contributed by atoms with Crippen molar-refractivity contribution in [2.75, 3.05) is 21.3 Å². The number of benzene rings is 1. The van der Waals surface area contributed by atoms with E-state index in [1.165, 1.54) is 21.3 Å². The average molecular weight is 344 g/mol. The van der Waals surface area contributed by atoms with Crippen molar-refractivity contribution >= 4 is 20.9 Å². The number of Topliss-reactive ketones (excluding diaryl/α,β-unsaturated/α-hetero) is 1. The van der Waals surface area contributed by atoms with Crippen molar-refractivity contribution < 1.29 is 28.4 Å². The van der Waals surface area contributed by atoms with Gasteiger partial charge in [-0.3, -0.25) is 9.59 Å². The van der Waals surface area contributed by atoms with Crippen LogP contribution in [0.5, 0.6) is 11.5 Å². The van der Waals surface area contributed by atoms with E-state index in [1.807, 2.05) is 13.8 Å². The topological polar surface area (TPSA) is 78.9 Å². The van der Waals surface area contributed by atoms with Gasteiger partial charge < -0.3 is 18.8 Å². The maximum Gasteiger partial charge on any atom is 0.316 e. The average Bonchev–Trinajstić information content (AvgIpc) is 2.59. The van der Waals surface area contributed by atoms with Crippen LogP contribution in [-0.2, 0) is 14.1 Å². The van der Waals surface area contributed by atoms with Gasteiger partial charge >= 0.3 is 5.97 Å². The van der Waals surface area contributed by atoms with Crippen LogP contribution >= 0.6 is 9.12 Å². The summed E-state index contributed by atoms with van der Waals surface area (Å²) in [5.74, 6) is -0.792. The Hall–Kier alpha value is -1.81. The minimum Gasteiger partial charge on any atom is -0.496 e. The van der Waals surface area contributed by atoms with Gasteiger partial charge in [-0.1, -0.05) is 19.9 Å². The molecule has 0 amide bonds. The molecule has 7 heteroatoms. The van der Waals surface area contributed by atoms with Crippen LogP contribution in [0.15, 0.2) is 18.2 Å². The highest BCUT2D eigenvalue weighted by atomic mass is 31.0. The van der Waals surface area contributed by atoms with Crippen molar-refractivity contribution in [3.8, 4) is 11.5 Å².